The number of aromatic amines is 1. The molecule has 1 aliphatic rings. The Bertz CT molecular complexity index is 1000. The first-order valence-electron chi connectivity index (χ1n) is 9.37. The van der Waals surface area contributed by atoms with E-state index < -0.39 is 0 Å². The third-order valence-electron chi connectivity index (χ3n) is 4.90. The van der Waals surface area contributed by atoms with Crippen LogP contribution in [0.1, 0.15) is 24.2 Å². The molecule has 0 radical (unpaired) electrons. The second-order valence-electron chi connectivity index (χ2n) is 6.97. The van der Waals surface area contributed by atoms with Gasteiger partial charge in [0.15, 0.2) is 0 Å². The van der Waals surface area contributed by atoms with Crippen LogP contribution >= 0.6 is 0 Å². The largest absolute Gasteiger partial charge is 0.340 e. The van der Waals surface area contributed by atoms with Crippen molar-refractivity contribution in [3.05, 3.63) is 66.0 Å². The number of H-pyrrole nitrogens is 1. The highest BCUT2D eigenvalue weighted by molar-refractivity contribution is 5.95. The fourth-order valence-electron chi connectivity index (χ4n) is 3.36. The zero-order valence-corrected chi connectivity index (χ0v) is 15.8. The number of amides is 2. The number of nitrogens with zero attached hydrogens (tertiary/aromatic N) is 3. The summed E-state index contributed by atoms with van der Waals surface area (Å²) in [6.45, 7) is 1.19. The van der Waals surface area contributed by atoms with Gasteiger partial charge in [-0.1, -0.05) is 24.3 Å². The minimum atomic E-state index is -0.0979. The van der Waals surface area contributed by atoms with Crippen molar-refractivity contribution in [1.82, 2.24) is 14.9 Å². The van der Waals surface area contributed by atoms with Gasteiger partial charge in [-0.2, -0.15) is 0 Å². The molecule has 0 bridgehead atoms. The first kappa shape index (κ1) is 18.0. The number of fused-ring (bicyclic) bond motifs is 1. The minimum Gasteiger partial charge on any atom is -0.340 e. The molecule has 1 N–H and O–H groups in total. The predicted molar refractivity (Wildman–Crippen MR) is 110 cm³/mol. The number of carbonyl (C=O) groups excluding carboxylic acids is 2. The van der Waals surface area contributed by atoms with Gasteiger partial charge in [0.1, 0.15) is 5.82 Å². The van der Waals surface area contributed by atoms with Gasteiger partial charge in [-0.3, -0.25) is 9.59 Å². The minimum absolute atomic E-state index is 0.0979. The fraction of sp³-hybridized carbons (Fsp3) is 0.227. The normalized spacial score (nSPS) is 14.3. The van der Waals surface area contributed by atoms with E-state index in [1.54, 1.807) is 29.0 Å². The van der Waals surface area contributed by atoms with Crippen LogP contribution in [0.25, 0.3) is 17.1 Å². The van der Waals surface area contributed by atoms with Crippen LogP contribution in [0.4, 0.5) is 5.69 Å². The Morgan fingerprint density at radius 1 is 1.21 bits per heavy atom. The van der Waals surface area contributed by atoms with Gasteiger partial charge in [0, 0.05) is 31.8 Å². The monoisotopic (exact) mass is 374 g/mol. The van der Waals surface area contributed by atoms with Crippen LogP contribution in [0, 0.1) is 0 Å². The summed E-state index contributed by atoms with van der Waals surface area (Å²) in [4.78, 5) is 35.4. The Hall–Kier alpha value is -3.41. The number of rotatable bonds is 5. The van der Waals surface area contributed by atoms with Gasteiger partial charge < -0.3 is 14.8 Å². The average molecular weight is 374 g/mol. The van der Waals surface area contributed by atoms with Crippen molar-refractivity contribution in [2.45, 2.75) is 19.4 Å². The standard InChI is InChI=1S/C22H22N4O2/c1-25(15-20-23-18-5-2-3-6-19(18)24-20)21(27)13-10-16-8-11-17(12-9-16)26-14-4-7-22(26)28/h2-3,5-6,8-13H,4,7,14-15H2,1H3,(H,23,24)/b13-10+. The van der Waals surface area contributed by atoms with Crippen molar-refractivity contribution < 1.29 is 9.59 Å². The molecule has 28 heavy (non-hydrogen) atoms. The molecular formula is C22H22N4O2. The molecule has 0 unspecified atom stereocenters. The maximum Gasteiger partial charge on any atom is 0.246 e. The Kier molecular flexibility index (Phi) is 4.93. The number of benzene rings is 2. The molecule has 0 atom stereocenters. The maximum absolute atomic E-state index is 12.4. The SMILES string of the molecule is CN(Cc1nc2ccccc2[nH]1)C(=O)/C=C/c1ccc(N2CCCC2=O)cc1. The van der Waals surface area contributed by atoms with Gasteiger partial charge in [-0.25, -0.2) is 4.98 Å². The molecule has 0 aliphatic carbocycles. The third kappa shape index (κ3) is 3.81. The summed E-state index contributed by atoms with van der Waals surface area (Å²) in [7, 11) is 1.75. The van der Waals surface area contributed by atoms with Gasteiger partial charge in [0.25, 0.3) is 0 Å². The molecule has 0 saturated carbocycles. The average Bonchev–Trinajstić information content (AvgIpc) is 3.31. The summed E-state index contributed by atoms with van der Waals surface area (Å²) in [6.07, 6.45) is 4.87. The van der Waals surface area contributed by atoms with Crippen molar-refractivity contribution in [3.63, 3.8) is 0 Å². The highest BCUT2D eigenvalue weighted by Gasteiger charge is 2.21. The van der Waals surface area contributed by atoms with Crippen LogP contribution < -0.4 is 4.90 Å². The van der Waals surface area contributed by atoms with Crippen LogP contribution in [-0.4, -0.2) is 40.3 Å². The number of carbonyl (C=O) groups is 2. The molecule has 0 spiro atoms. The zero-order chi connectivity index (χ0) is 19.5. The Morgan fingerprint density at radius 2 is 2.00 bits per heavy atom. The fourth-order valence-corrected chi connectivity index (χ4v) is 3.36. The molecular weight excluding hydrogens is 352 g/mol. The topological polar surface area (TPSA) is 69.3 Å². The Labute approximate surface area is 163 Å². The summed E-state index contributed by atoms with van der Waals surface area (Å²) in [5.74, 6) is 0.829. The quantitative estimate of drug-likeness (QED) is 0.696. The van der Waals surface area contributed by atoms with E-state index in [4.69, 9.17) is 0 Å². The van der Waals surface area contributed by atoms with Crippen molar-refractivity contribution >= 4 is 34.6 Å². The summed E-state index contributed by atoms with van der Waals surface area (Å²) >= 11 is 0. The van der Waals surface area contributed by atoms with Gasteiger partial charge >= 0.3 is 0 Å². The van der Waals surface area contributed by atoms with Crippen molar-refractivity contribution in [2.75, 3.05) is 18.5 Å². The number of aromatic nitrogens is 2. The smallest absolute Gasteiger partial charge is 0.246 e. The zero-order valence-electron chi connectivity index (χ0n) is 15.8. The highest BCUT2D eigenvalue weighted by atomic mass is 16.2. The summed E-state index contributed by atoms with van der Waals surface area (Å²) < 4.78 is 0. The van der Waals surface area contributed by atoms with Crippen LogP contribution in [0.3, 0.4) is 0 Å². The van der Waals surface area contributed by atoms with Crippen molar-refractivity contribution in [1.29, 1.82) is 0 Å². The van der Waals surface area contributed by atoms with Gasteiger partial charge in [0.05, 0.1) is 17.6 Å². The predicted octanol–water partition coefficient (Wildman–Crippen LogP) is 3.36. The lowest BCUT2D eigenvalue weighted by molar-refractivity contribution is -0.125. The molecule has 1 fully saturated rings. The van der Waals surface area contributed by atoms with E-state index in [0.717, 1.165) is 41.1 Å². The summed E-state index contributed by atoms with van der Waals surface area (Å²) in [6, 6.07) is 15.5. The van der Waals surface area contributed by atoms with Gasteiger partial charge in [0.2, 0.25) is 11.8 Å². The second kappa shape index (κ2) is 7.68. The Morgan fingerprint density at radius 3 is 2.71 bits per heavy atom. The van der Waals surface area contributed by atoms with Gasteiger partial charge in [-0.15, -0.1) is 0 Å². The number of anilines is 1. The third-order valence-corrected chi connectivity index (χ3v) is 4.90. The van der Waals surface area contributed by atoms with Crippen LogP contribution in [0.5, 0.6) is 0 Å². The van der Waals surface area contributed by atoms with E-state index in [0.29, 0.717) is 13.0 Å². The first-order valence-corrected chi connectivity index (χ1v) is 9.37. The molecule has 4 rings (SSSR count). The number of imidazole rings is 1. The molecule has 2 amide bonds. The Balaban J connectivity index is 1.38. The number of nitrogens with one attached hydrogen (secondary N) is 1. The molecule has 142 valence electrons. The van der Waals surface area contributed by atoms with E-state index in [1.807, 2.05) is 48.5 Å². The van der Waals surface area contributed by atoms with Crippen LogP contribution in [0.15, 0.2) is 54.6 Å². The van der Waals surface area contributed by atoms with E-state index >= 15 is 0 Å². The second-order valence-corrected chi connectivity index (χ2v) is 6.97. The number of likely N-dealkylation sites (N-methyl/N-ethyl adjacent to an activating group) is 1. The summed E-state index contributed by atoms with van der Waals surface area (Å²) in [5, 5.41) is 0. The lowest BCUT2D eigenvalue weighted by atomic mass is 10.2. The molecule has 3 aromatic rings. The van der Waals surface area contributed by atoms with Crippen molar-refractivity contribution in [2.24, 2.45) is 0 Å². The van der Waals surface area contributed by atoms with Crippen molar-refractivity contribution in [3.8, 4) is 0 Å². The van der Waals surface area contributed by atoms with E-state index in [2.05, 4.69) is 9.97 Å². The molecule has 1 aliphatic heterocycles. The molecule has 2 heterocycles. The van der Waals surface area contributed by atoms with Crippen LogP contribution in [0.2, 0.25) is 0 Å². The number of para-hydroxylation sites is 2. The maximum atomic E-state index is 12.4. The number of hydrogen-bond acceptors (Lipinski definition) is 3. The molecule has 1 aromatic heterocycles. The molecule has 6 heteroatoms. The van der Waals surface area contributed by atoms with Crippen LogP contribution in [-0.2, 0) is 16.1 Å². The molecule has 6 nitrogen and oxygen atoms in total. The van der Waals surface area contributed by atoms with Gasteiger partial charge in [-0.05, 0) is 42.3 Å². The lowest BCUT2D eigenvalue weighted by Crippen LogP contribution is -2.24. The number of hydrogen-bond donors (Lipinski definition) is 1. The van der Waals surface area contributed by atoms with E-state index in [-0.39, 0.29) is 11.8 Å². The highest BCUT2D eigenvalue weighted by Crippen LogP contribution is 2.22. The molecule has 2 aromatic carbocycles. The van der Waals surface area contributed by atoms with E-state index in [1.165, 1.54) is 0 Å². The lowest BCUT2D eigenvalue weighted by Gasteiger charge is -2.15. The summed E-state index contributed by atoms with van der Waals surface area (Å²) in [5.41, 5.74) is 3.68. The molecule has 1 saturated heterocycles. The van der Waals surface area contributed by atoms with E-state index in [9.17, 15) is 9.59 Å². The first-order chi connectivity index (χ1) is 13.6.